The van der Waals surface area contributed by atoms with Crippen LogP contribution in [0.2, 0.25) is 5.02 Å². The Morgan fingerprint density at radius 1 is 1.26 bits per heavy atom. The van der Waals surface area contributed by atoms with E-state index in [1.54, 1.807) is 23.6 Å². The minimum Gasteiger partial charge on any atom is -0.445 e. The molecule has 0 saturated heterocycles. The van der Waals surface area contributed by atoms with Gasteiger partial charge in [0, 0.05) is 26.4 Å². The summed E-state index contributed by atoms with van der Waals surface area (Å²) < 4.78 is 7.47. The molecule has 1 amide bonds. The van der Waals surface area contributed by atoms with Crippen molar-refractivity contribution in [3.05, 3.63) is 69.7 Å². The maximum Gasteiger partial charge on any atom is 0.274 e. The van der Waals surface area contributed by atoms with E-state index >= 15 is 0 Å². The molecule has 4 rings (SSSR count). The standard InChI is InChI=1S/C20H21ClN4O2/c1-13-18(21)19(24(2)23-13)20(26)25-11-10-16-15(12-25)22-17(27-16)9-8-14-6-4-3-5-7-14/h3-7H,8-12H2,1-2H3. The van der Waals surface area contributed by atoms with Crippen LogP contribution in [0.1, 0.15) is 39.1 Å². The lowest BCUT2D eigenvalue weighted by atomic mass is 10.1. The first-order chi connectivity index (χ1) is 13.0. The highest BCUT2D eigenvalue weighted by molar-refractivity contribution is 6.34. The van der Waals surface area contributed by atoms with E-state index in [0.29, 0.717) is 35.9 Å². The Hall–Kier alpha value is -2.60. The van der Waals surface area contributed by atoms with Crippen LogP contribution in [0.3, 0.4) is 0 Å². The van der Waals surface area contributed by atoms with E-state index in [9.17, 15) is 4.79 Å². The summed E-state index contributed by atoms with van der Waals surface area (Å²) in [5, 5.41) is 4.65. The smallest absolute Gasteiger partial charge is 0.274 e. The van der Waals surface area contributed by atoms with Crippen LogP contribution in [0.15, 0.2) is 34.7 Å². The quantitative estimate of drug-likeness (QED) is 0.692. The third-order valence-electron chi connectivity index (χ3n) is 4.88. The number of benzene rings is 1. The molecule has 1 aliphatic rings. The Balaban J connectivity index is 1.47. The SMILES string of the molecule is Cc1nn(C)c(C(=O)N2CCc3oc(CCc4ccccc4)nc3C2)c1Cl. The molecule has 0 N–H and O–H groups in total. The maximum absolute atomic E-state index is 12.9. The maximum atomic E-state index is 12.9. The fourth-order valence-corrected chi connectivity index (χ4v) is 3.68. The number of aromatic nitrogens is 3. The molecule has 0 aliphatic carbocycles. The zero-order valence-electron chi connectivity index (χ0n) is 15.4. The normalized spacial score (nSPS) is 13.7. The molecule has 140 valence electrons. The van der Waals surface area contributed by atoms with Gasteiger partial charge < -0.3 is 9.32 Å². The zero-order chi connectivity index (χ0) is 19.0. The van der Waals surface area contributed by atoms with Gasteiger partial charge in [-0.3, -0.25) is 9.48 Å². The van der Waals surface area contributed by atoms with E-state index < -0.39 is 0 Å². The minimum atomic E-state index is -0.123. The molecule has 0 saturated carbocycles. The van der Waals surface area contributed by atoms with Crippen molar-refractivity contribution < 1.29 is 9.21 Å². The second kappa shape index (κ2) is 7.19. The van der Waals surface area contributed by atoms with Gasteiger partial charge in [0.15, 0.2) is 5.89 Å². The summed E-state index contributed by atoms with van der Waals surface area (Å²) in [7, 11) is 1.74. The summed E-state index contributed by atoms with van der Waals surface area (Å²) in [6, 6.07) is 10.3. The number of halogens is 1. The van der Waals surface area contributed by atoms with E-state index in [0.717, 1.165) is 30.2 Å². The van der Waals surface area contributed by atoms with Crippen LogP contribution < -0.4 is 0 Å². The van der Waals surface area contributed by atoms with Crippen molar-refractivity contribution >= 4 is 17.5 Å². The average molecular weight is 385 g/mol. The molecule has 3 heterocycles. The van der Waals surface area contributed by atoms with Gasteiger partial charge in [-0.05, 0) is 18.9 Å². The number of amides is 1. The Kier molecular flexibility index (Phi) is 4.74. The molecule has 0 unspecified atom stereocenters. The number of aryl methyl sites for hydroxylation is 4. The van der Waals surface area contributed by atoms with Gasteiger partial charge in [-0.1, -0.05) is 41.9 Å². The van der Waals surface area contributed by atoms with E-state index in [1.807, 2.05) is 18.2 Å². The molecule has 0 bridgehead atoms. The number of oxazole rings is 1. The second-order valence-corrected chi connectivity index (χ2v) is 7.19. The zero-order valence-corrected chi connectivity index (χ0v) is 16.2. The predicted molar refractivity (Wildman–Crippen MR) is 102 cm³/mol. The fraction of sp³-hybridized carbons (Fsp3) is 0.350. The molecular weight excluding hydrogens is 364 g/mol. The van der Waals surface area contributed by atoms with E-state index in [1.165, 1.54) is 5.56 Å². The van der Waals surface area contributed by atoms with Crippen molar-refractivity contribution in [2.24, 2.45) is 7.05 Å². The van der Waals surface area contributed by atoms with Gasteiger partial charge in [0.1, 0.15) is 17.1 Å². The highest BCUT2D eigenvalue weighted by Crippen LogP contribution is 2.25. The first-order valence-corrected chi connectivity index (χ1v) is 9.40. The molecule has 0 radical (unpaired) electrons. The summed E-state index contributed by atoms with van der Waals surface area (Å²) in [6.45, 7) is 2.81. The van der Waals surface area contributed by atoms with Crippen LogP contribution in [0.5, 0.6) is 0 Å². The number of nitrogens with zero attached hydrogens (tertiary/aromatic N) is 4. The number of hydrogen-bond acceptors (Lipinski definition) is 4. The lowest BCUT2D eigenvalue weighted by Crippen LogP contribution is -2.37. The predicted octanol–water partition coefficient (Wildman–Crippen LogP) is 3.35. The third kappa shape index (κ3) is 3.49. The Bertz CT molecular complexity index is 978. The summed E-state index contributed by atoms with van der Waals surface area (Å²) in [6.07, 6.45) is 2.29. The summed E-state index contributed by atoms with van der Waals surface area (Å²) >= 11 is 6.27. The molecule has 7 heteroatoms. The van der Waals surface area contributed by atoms with Crippen LogP contribution in [0.4, 0.5) is 0 Å². The molecule has 27 heavy (non-hydrogen) atoms. The number of fused-ring (bicyclic) bond motifs is 1. The molecule has 0 fully saturated rings. The van der Waals surface area contributed by atoms with Crippen LogP contribution in [-0.2, 0) is 32.9 Å². The Labute approximate surface area is 162 Å². The molecule has 1 aliphatic heterocycles. The molecular formula is C20H21ClN4O2. The van der Waals surface area contributed by atoms with Crippen LogP contribution >= 0.6 is 11.6 Å². The monoisotopic (exact) mass is 384 g/mol. The largest absolute Gasteiger partial charge is 0.445 e. The summed E-state index contributed by atoms with van der Waals surface area (Å²) in [4.78, 5) is 19.3. The number of carbonyl (C=O) groups excluding carboxylic acids is 1. The summed E-state index contributed by atoms with van der Waals surface area (Å²) in [5.74, 6) is 1.49. The van der Waals surface area contributed by atoms with E-state index in [-0.39, 0.29) is 5.91 Å². The van der Waals surface area contributed by atoms with Crippen molar-refractivity contribution in [2.75, 3.05) is 6.54 Å². The fourth-order valence-electron chi connectivity index (χ4n) is 3.44. The number of carbonyl (C=O) groups is 1. The molecule has 3 aromatic rings. The van der Waals surface area contributed by atoms with Gasteiger partial charge in [-0.2, -0.15) is 5.10 Å². The molecule has 6 nitrogen and oxygen atoms in total. The van der Waals surface area contributed by atoms with Crippen molar-refractivity contribution in [3.63, 3.8) is 0 Å². The lowest BCUT2D eigenvalue weighted by Gasteiger charge is -2.25. The Morgan fingerprint density at radius 3 is 2.74 bits per heavy atom. The Morgan fingerprint density at radius 2 is 2.04 bits per heavy atom. The van der Waals surface area contributed by atoms with Crippen LogP contribution in [0.25, 0.3) is 0 Å². The molecule has 0 atom stereocenters. The van der Waals surface area contributed by atoms with Gasteiger partial charge in [-0.15, -0.1) is 0 Å². The van der Waals surface area contributed by atoms with Crippen LogP contribution in [0, 0.1) is 6.92 Å². The van der Waals surface area contributed by atoms with Crippen molar-refractivity contribution in [2.45, 2.75) is 32.7 Å². The van der Waals surface area contributed by atoms with Crippen molar-refractivity contribution in [3.8, 4) is 0 Å². The highest BCUT2D eigenvalue weighted by Gasteiger charge is 2.29. The highest BCUT2D eigenvalue weighted by atomic mass is 35.5. The lowest BCUT2D eigenvalue weighted by molar-refractivity contribution is 0.0717. The molecule has 2 aromatic heterocycles. The number of hydrogen-bond donors (Lipinski definition) is 0. The van der Waals surface area contributed by atoms with Crippen LogP contribution in [-0.4, -0.2) is 32.1 Å². The number of rotatable bonds is 4. The van der Waals surface area contributed by atoms with Crippen molar-refractivity contribution in [1.29, 1.82) is 0 Å². The summed E-state index contributed by atoms with van der Waals surface area (Å²) in [5.41, 5.74) is 3.18. The molecule has 1 aromatic carbocycles. The topological polar surface area (TPSA) is 64.2 Å². The van der Waals surface area contributed by atoms with Gasteiger partial charge in [-0.25, -0.2) is 4.98 Å². The third-order valence-corrected chi connectivity index (χ3v) is 5.33. The van der Waals surface area contributed by atoms with Crippen molar-refractivity contribution in [1.82, 2.24) is 19.7 Å². The molecule has 0 spiro atoms. The van der Waals surface area contributed by atoms with Gasteiger partial charge in [0.2, 0.25) is 0 Å². The first-order valence-electron chi connectivity index (χ1n) is 9.02. The van der Waals surface area contributed by atoms with Gasteiger partial charge in [0.05, 0.1) is 17.3 Å². The van der Waals surface area contributed by atoms with Gasteiger partial charge >= 0.3 is 0 Å². The van der Waals surface area contributed by atoms with E-state index in [4.69, 9.17) is 16.0 Å². The minimum absolute atomic E-state index is 0.123. The average Bonchev–Trinajstić information content (AvgIpc) is 3.19. The first kappa shape index (κ1) is 17.8. The van der Waals surface area contributed by atoms with Gasteiger partial charge in [0.25, 0.3) is 5.91 Å². The van der Waals surface area contributed by atoms with E-state index in [2.05, 4.69) is 22.2 Å². The second-order valence-electron chi connectivity index (χ2n) is 6.81.